The number of ether oxygens (including phenoxy) is 3. The summed E-state index contributed by atoms with van der Waals surface area (Å²) in [6.07, 6.45) is -2.00. The molecule has 11 heteroatoms. The number of benzene rings is 3. The zero-order valence-corrected chi connectivity index (χ0v) is 26.3. The molecule has 2 heterocycles. The van der Waals surface area contributed by atoms with Crippen LogP contribution in [-0.2, 0) is 38.8 Å². The van der Waals surface area contributed by atoms with Gasteiger partial charge in [0.25, 0.3) is 0 Å². The third-order valence-corrected chi connectivity index (χ3v) is 7.83. The van der Waals surface area contributed by atoms with Crippen molar-refractivity contribution >= 4 is 29.5 Å². The Morgan fingerprint density at radius 1 is 0.894 bits per heavy atom. The third kappa shape index (κ3) is 8.76. The number of para-hydroxylation sites is 2. The Labute approximate surface area is 272 Å². The molecule has 2 amide bonds. The second-order valence-corrected chi connectivity index (χ2v) is 11.6. The average Bonchev–Trinajstić information content (AvgIpc) is 3.36. The van der Waals surface area contributed by atoms with Crippen LogP contribution in [0.5, 0.6) is 0 Å². The van der Waals surface area contributed by atoms with Crippen molar-refractivity contribution in [3.8, 4) is 11.3 Å². The highest BCUT2D eigenvalue weighted by Gasteiger charge is 2.30. The summed E-state index contributed by atoms with van der Waals surface area (Å²) in [6.45, 7) is 4.00. The summed E-state index contributed by atoms with van der Waals surface area (Å²) in [5, 5.41) is 15.6. The highest BCUT2D eigenvalue weighted by atomic mass is 19.1. The Balaban J connectivity index is 1.52. The fourth-order valence-corrected chi connectivity index (χ4v) is 5.83. The molecule has 3 aromatic carbocycles. The van der Waals surface area contributed by atoms with Crippen LogP contribution in [0.25, 0.3) is 11.3 Å². The summed E-state index contributed by atoms with van der Waals surface area (Å²) in [5.74, 6) is -0.974. The molecular formula is C36H38FN3O7. The normalized spacial score (nSPS) is 16.0. The van der Waals surface area contributed by atoms with E-state index in [9.17, 15) is 23.9 Å². The number of esters is 1. The topological polar surface area (TPSA) is 128 Å². The molecule has 246 valence electrons. The van der Waals surface area contributed by atoms with Gasteiger partial charge in [-0.1, -0.05) is 50.2 Å². The van der Waals surface area contributed by atoms with Crippen molar-refractivity contribution in [3.63, 3.8) is 0 Å². The Hall–Kier alpha value is -5.16. The van der Waals surface area contributed by atoms with Gasteiger partial charge in [0.1, 0.15) is 25.1 Å². The van der Waals surface area contributed by atoms with Crippen LogP contribution in [0.3, 0.4) is 0 Å². The Morgan fingerprint density at radius 3 is 1.98 bits per heavy atom. The molecule has 47 heavy (non-hydrogen) atoms. The first kappa shape index (κ1) is 33.2. The minimum Gasteiger partial charge on any atom is -0.462 e. The number of carbonyl (C=O) groups excluding carboxylic acids is 3. The number of nitrogens with zero attached hydrogens (tertiary/aromatic N) is 1. The Bertz CT molecular complexity index is 1670. The zero-order valence-electron chi connectivity index (χ0n) is 26.3. The van der Waals surface area contributed by atoms with Gasteiger partial charge in [0.05, 0.1) is 18.2 Å². The van der Waals surface area contributed by atoms with Gasteiger partial charge in [-0.2, -0.15) is 0 Å². The summed E-state index contributed by atoms with van der Waals surface area (Å²) in [5.41, 5.74) is 4.44. The molecule has 0 saturated carbocycles. The standard InChI is InChI=1S/C36H38FN3O7/c1-23(2)33-30(21-45-35(43)38-26-9-5-3-6-10-26)31(22-46-36(44)39-27-11-7-4-8-12-27)34(24-13-15-25(37)16-14-24)40(33)18-17-29-19-28(41)20-32(42)47-29/h3-16,23,28-29,41H,17-22H2,1-2H3,(H,38,43)(H,39,44)/t28-,29-/m1/s1. The first-order valence-electron chi connectivity index (χ1n) is 15.5. The van der Waals surface area contributed by atoms with E-state index in [1.54, 1.807) is 60.7 Å². The van der Waals surface area contributed by atoms with E-state index in [4.69, 9.17) is 14.2 Å². The SMILES string of the molecule is CC(C)c1c(COC(=O)Nc2ccccc2)c(COC(=O)Nc2ccccc2)c(-c2ccc(F)cc2)n1CC[C@@H]1C[C@@H](O)CC(=O)O1. The molecule has 1 aromatic heterocycles. The first-order valence-corrected chi connectivity index (χ1v) is 15.5. The monoisotopic (exact) mass is 643 g/mol. The number of nitrogens with one attached hydrogen (secondary N) is 2. The third-order valence-electron chi connectivity index (χ3n) is 7.83. The van der Waals surface area contributed by atoms with Crippen LogP contribution in [-0.4, -0.2) is 40.0 Å². The van der Waals surface area contributed by atoms with Crippen LogP contribution in [0.4, 0.5) is 25.4 Å². The van der Waals surface area contributed by atoms with Gasteiger partial charge in [-0.25, -0.2) is 14.0 Å². The summed E-state index contributed by atoms with van der Waals surface area (Å²) in [6, 6.07) is 23.7. The molecule has 10 nitrogen and oxygen atoms in total. The van der Waals surface area contributed by atoms with Crippen molar-refractivity contribution in [2.24, 2.45) is 0 Å². The number of carbonyl (C=O) groups is 3. The molecule has 1 fully saturated rings. The van der Waals surface area contributed by atoms with Gasteiger partial charge < -0.3 is 23.9 Å². The number of halogens is 1. The second kappa shape index (κ2) is 15.4. The van der Waals surface area contributed by atoms with Crippen molar-refractivity contribution in [2.45, 2.75) is 71.0 Å². The Morgan fingerprint density at radius 2 is 1.45 bits per heavy atom. The Kier molecular flexibility index (Phi) is 10.9. The van der Waals surface area contributed by atoms with Crippen molar-refractivity contribution in [1.82, 2.24) is 4.57 Å². The molecule has 4 aromatic rings. The fourth-order valence-electron chi connectivity index (χ4n) is 5.83. The molecule has 3 N–H and O–H groups in total. The quantitative estimate of drug-likeness (QED) is 0.115. The number of aliphatic hydroxyl groups is 1. The van der Waals surface area contributed by atoms with E-state index in [1.807, 2.05) is 30.5 Å². The number of anilines is 2. The zero-order chi connectivity index (χ0) is 33.3. The van der Waals surface area contributed by atoms with E-state index in [0.717, 1.165) is 5.69 Å². The van der Waals surface area contributed by atoms with Gasteiger partial charge in [-0.3, -0.25) is 15.4 Å². The maximum Gasteiger partial charge on any atom is 0.411 e. The molecule has 0 aliphatic carbocycles. The van der Waals surface area contributed by atoms with Gasteiger partial charge in [-0.05, 0) is 60.0 Å². The minimum absolute atomic E-state index is 0.0445. The molecule has 1 aliphatic heterocycles. The molecule has 1 saturated heterocycles. The van der Waals surface area contributed by atoms with Crippen molar-refractivity contribution in [2.75, 3.05) is 10.6 Å². The van der Waals surface area contributed by atoms with E-state index >= 15 is 0 Å². The van der Waals surface area contributed by atoms with E-state index < -0.39 is 36.2 Å². The number of hydrogen-bond acceptors (Lipinski definition) is 7. The lowest BCUT2D eigenvalue weighted by molar-refractivity contribution is -0.160. The maximum atomic E-state index is 14.1. The molecule has 2 atom stereocenters. The minimum atomic E-state index is -0.786. The van der Waals surface area contributed by atoms with Crippen LogP contribution in [0.15, 0.2) is 84.9 Å². The number of rotatable bonds is 11. The van der Waals surface area contributed by atoms with Crippen molar-refractivity contribution in [1.29, 1.82) is 0 Å². The van der Waals surface area contributed by atoms with Gasteiger partial charge in [0, 0.05) is 47.6 Å². The molecule has 0 spiro atoms. The highest BCUT2D eigenvalue weighted by molar-refractivity contribution is 5.85. The van der Waals surface area contributed by atoms with Crippen LogP contribution in [0.2, 0.25) is 0 Å². The van der Waals surface area contributed by atoms with Gasteiger partial charge >= 0.3 is 18.2 Å². The van der Waals surface area contributed by atoms with Gasteiger partial charge in [0.2, 0.25) is 0 Å². The number of aliphatic hydroxyl groups excluding tert-OH is 1. The predicted molar refractivity (Wildman–Crippen MR) is 174 cm³/mol. The summed E-state index contributed by atoms with van der Waals surface area (Å²) in [4.78, 5) is 37.9. The van der Waals surface area contributed by atoms with Crippen LogP contribution in [0.1, 0.15) is 55.8 Å². The number of hydrogen-bond donors (Lipinski definition) is 3. The van der Waals surface area contributed by atoms with E-state index in [2.05, 4.69) is 10.6 Å². The summed E-state index contributed by atoms with van der Waals surface area (Å²) >= 11 is 0. The molecule has 5 rings (SSSR count). The van der Waals surface area contributed by atoms with Crippen LogP contribution < -0.4 is 10.6 Å². The smallest absolute Gasteiger partial charge is 0.411 e. The van der Waals surface area contributed by atoms with E-state index in [-0.39, 0.29) is 25.6 Å². The van der Waals surface area contributed by atoms with Crippen molar-refractivity contribution in [3.05, 3.63) is 108 Å². The average molecular weight is 644 g/mol. The fraction of sp³-hybridized carbons (Fsp3) is 0.306. The number of cyclic esters (lactones) is 1. The highest BCUT2D eigenvalue weighted by Crippen LogP contribution is 2.38. The number of amides is 2. The lowest BCUT2D eigenvalue weighted by atomic mass is 10.0. The molecule has 0 bridgehead atoms. The summed E-state index contributed by atoms with van der Waals surface area (Å²) in [7, 11) is 0. The maximum absolute atomic E-state index is 14.1. The van der Waals surface area contributed by atoms with Gasteiger partial charge in [-0.15, -0.1) is 0 Å². The lowest BCUT2D eigenvalue weighted by Gasteiger charge is -2.27. The van der Waals surface area contributed by atoms with Gasteiger partial charge in [0.15, 0.2) is 0 Å². The van der Waals surface area contributed by atoms with E-state index in [0.29, 0.717) is 53.1 Å². The second-order valence-electron chi connectivity index (χ2n) is 11.6. The molecule has 0 unspecified atom stereocenters. The molecule has 0 radical (unpaired) electrons. The lowest BCUT2D eigenvalue weighted by Crippen LogP contribution is -2.33. The van der Waals surface area contributed by atoms with E-state index in [1.165, 1.54) is 12.1 Å². The first-order chi connectivity index (χ1) is 22.7. The molecular weight excluding hydrogens is 605 g/mol. The van der Waals surface area contributed by atoms with Crippen molar-refractivity contribution < 1.29 is 38.1 Å². The number of aromatic nitrogens is 1. The van der Waals surface area contributed by atoms with Crippen LogP contribution >= 0.6 is 0 Å². The summed E-state index contributed by atoms with van der Waals surface area (Å²) < 4.78 is 33.1. The molecule has 1 aliphatic rings. The predicted octanol–water partition coefficient (Wildman–Crippen LogP) is 7.37. The largest absolute Gasteiger partial charge is 0.462 e. The van der Waals surface area contributed by atoms with Crippen LogP contribution in [0, 0.1) is 5.82 Å².